The van der Waals surface area contributed by atoms with E-state index in [0.29, 0.717) is 35.1 Å². The van der Waals surface area contributed by atoms with Crippen LogP contribution in [0, 0.1) is 0 Å². The molecule has 8 nitrogen and oxygen atoms in total. The Labute approximate surface area is 164 Å². The summed E-state index contributed by atoms with van der Waals surface area (Å²) in [6, 6.07) is 10.4. The van der Waals surface area contributed by atoms with Gasteiger partial charge in [-0.05, 0) is 12.5 Å². The van der Waals surface area contributed by atoms with Crippen LogP contribution in [0.2, 0.25) is 0 Å². The first-order valence-electron chi connectivity index (χ1n) is 8.84. The largest absolute Gasteiger partial charge is 0.497 e. The Morgan fingerprint density at radius 3 is 2.18 bits per heavy atom. The number of carbonyl (C=O) groups is 1. The summed E-state index contributed by atoms with van der Waals surface area (Å²) >= 11 is 0. The molecule has 3 N–H and O–H groups in total. The molecular formula is C20H25N3O5. The maximum atomic E-state index is 12.7. The Bertz CT molecular complexity index is 820. The van der Waals surface area contributed by atoms with E-state index in [9.17, 15) is 4.79 Å². The highest BCUT2D eigenvalue weighted by Gasteiger charge is 2.32. The fourth-order valence-electron chi connectivity index (χ4n) is 3.15. The molecule has 1 aliphatic heterocycles. The number of benzene rings is 2. The lowest BCUT2D eigenvalue weighted by Crippen LogP contribution is -2.39. The summed E-state index contributed by atoms with van der Waals surface area (Å²) in [5.74, 6) is 2.48. The monoisotopic (exact) mass is 387 g/mol. The van der Waals surface area contributed by atoms with Crippen molar-refractivity contribution < 1.29 is 23.7 Å². The van der Waals surface area contributed by atoms with Crippen LogP contribution in [-0.2, 0) is 4.79 Å². The lowest BCUT2D eigenvalue weighted by Gasteiger charge is -2.15. The molecule has 8 heteroatoms. The normalized spacial score (nSPS) is 18.4. The van der Waals surface area contributed by atoms with Gasteiger partial charge in [0.2, 0.25) is 5.91 Å². The summed E-state index contributed by atoms with van der Waals surface area (Å²) in [6.07, 6.45) is 0.565. The predicted octanol–water partition coefficient (Wildman–Crippen LogP) is 2.27. The predicted molar refractivity (Wildman–Crippen MR) is 105 cm³/mol. The van der Waals surface area contributed by atoms with Crippen molar-refractivity contribution in [1.82, 2.24) is 10.9 Å². The summed E-state index contributed by atoms with van der Waals surface area (Å²) < 4.78 is 21.2. The van der Waals surface area contributed by atoms with E-state index in [1.54, 1.807) is 46.6 Å². The van der Waals surface area contributed by atoms with Crippen LogP contribution in [0.3, 0.4) is 0 Å². The molecule has 150 valence electrons. The number of nitrogens with one attached hydrogen (secondary N) is 3. The third-order valence-electron chi connectivity index (χ3n) is 4.65. The third-order valence-corrected chi connectivity index (χ3v) is 4.65. The van der Waals surface area contributed by atoms with Gasteiger partial charge in [-0.25, -0.2) is 10.9 Å². The molecule has 0 radical (unpaired) electrons. The molecule has 1 amide bonds. The second-order valence-corrected chi connectivity index (χ2v) is 6.33. The Balaban J connectivity index is 1.69. The van der Waals surface area contributed by atoms with Crippen LogP contribution in [0.4, 0.5) is 5.69 Å². The first-order chi connectivity index (χ1) is 13.6. The lowest BCUT2D eigenvalue weighted by atomic mass is 10.0. The van der Waals surface area contributed by atoms with Gasteiger partial charge in [0.25, 0.3) is 0 Å². The number of hydrogen-bond donors (Lipinski definition) is 3. The number of carbonyl (C=O) groups excluding carboxylic acids is 1. The molecule has 0 bridgehead atoms. The molecule has 3 rings (SSSR count). The minimum absolute atomic E-state index is 0.0727. The van der Waals surface area contributed by atoms with E-state index in [0.717, 1.165) is 5.56 Å². The zero-order chi connectivity index (χ0) is 20.1. The summed E-state index contributed by atoms with van der Waals surface area (Å²) in [6.45, 7) is 0. The molecule has 1 fully saturated rings. The molecule has 2 atom stereocenters. The molecule has 2 aromatic carbocycles. The smallest absolute Gasteiger partial charge is 0.242 e. The van der Waals surface area contributed by atoms with Crippen molar-refractivity contribution in [3.8, 4) is 23.0 Å². The fraction of sp³-hybridized carbons (Fsp3) is 0.350. The zero-order valence-corrected chi connectivity index (χ0v) is 16.4. The van der Waals surface area contributed by atoms with Crippen LogP contribution >= 0.6 is 0 Å². The summed E-state index contributed by atoms with van der Waals surface area (Å²) in [5, 5.41) is 2.90. The summed E-state index contributed by atoms with van der Waals surface area (Å²) in [4.78, 5) is 12.7. The molecule has 1 saturated heterocycles. The van der Waals surface area contributed by atoms with E-state index in [-0.39, 0.29) is 11.9 Å². The highest BCUT2D eigenvalue weighted by Crippen LogP contribution is 2.33. The van der Waals surface area contributed by atoms with E-state index in [2.05, 4.69) is 16.2 Å². The van der Waals surface area contributed by atoms with Crippen LogP contribution in [0.15, 0.2) is 36.4 Å². The van der Waals surface area contributed by atoms with Crippen LogP contribution < -0.4 is 35.1 Å². The number of anilines is 1. The van der Waals surface area contributed by atoms with Gasteiger partial charge in [0.1, 0.15) is 29.0 Å². The van der Waals surface area contributed by atoms with E-state index in [1.807, 2.05) is 18.2 Å². The van der Waals surface area contributed by atoms with Gasteiger partial charge >= 0.3 is 0 Å². The van der Waals surface area contributed by atoms with E-state index < -0.39 is 6.04 Å². The molecule has 2 unspecified atom stereocenters. The Kier molecular flexibility index (Phi) is 6.23. The highest BCUT2D eigenvalue weighted by molar-refractivity contribution is 5.95. The average Bonchev–Trinajstić information content (AvgIpc) is 3.23. The van der Waals surface area contributed by atoms with E-state index in [4.69, 9.17) is 18.9 Å². The van der Waals surface area contributed by atoms with Gasteiger partial charge in [-0.15, -0.1) is 0 Å². The number of methoxy groups -OCH3 is 4. The molecule has 28 heavy (non-hydrogen) atoms. The SMILES string of the molecule is COc1cc(NC(=O)C2CC(c3ccc(OC)cc3OC)NN2)cc(OC)c1. The quantitative estimate of drug-likeness (QED) is 0.671. The van der Waals surface area contributed by atoms with Crippen molar-refractivity contribution in [3.63, 3.8) is 0 Å². The van der Waals surface area contributed by atoms with Crippen LogP contribution in [-0.4, -0.2) is 40.4 Å². The van der Waals surface area contributed by atoms with Crippen LogP contribution in [0.5, 0.6) is 23.0 Å². The summed E-state index contributed by atoms with van der Waals surface area (Å²) in [5.41, 5.74) is 7.77. The molecule has 0 saturated carbocycles. The van der Waals surface area contributed by atoms with Gasteiger partial charge in [-0.2, -0.15) is 0 Å². The Morgan fingerprint density at radius 1 is 0.893 bits per heavy atom. The van der Waals surface area contributed by atoms with Crippen molar-refractivity contribution in [2.75, 3.05) is 33.8 Å². The Morgan fingerprint density at radius 2 is 1.57 bits per heavy atom. The highest BCUT2D eigenvalue weighted by atomic mass is 16.5. The number of ether oxygens (including phenoxy) is 4. The molecule has 1 aliphatic rings. The molecule has 0 aromatic heterocycles. The first kappa shape index (κ1) is 19.8. The minimum Gasteiger partial charge on any atom is -0.497 e. The minimum atomic E-state index is -0.408. The second-order valence-electron chi connectivity index (χ2n) is 6.33. The molecular weight excluding hydrogens is 362 g/mol. The standard InChI is InChI=1S/C20H25N3O5/c1-25-13-5-6-16(19(10-13)28-4)17-11-18(23-22-17)20(24)21-12-7-14(26-2)9-15(8-12)27-3/h5-10,17-18,22-23H,11H2,1-4H3,(H,21,24). The number of hydrogen-bond acceptors (Lipinski definition) is 7. The lowest BCUT2D eigenvalue weighted by molar-refractivity contribution is -0.117. The second kappa shape index (κ2) is 8.81. The van der Waals surface area contributed by atoms with Crippen molar-refractivity contribution >= 4 is 11.6 Å². The van der Waals surface area contributed by atoms with Gasteiger partial charge in [0.15, 0.2) is 0 Å². The number of amides is 1. The van der Waals surface area contributed by atoms with Crippen LogP contribution in [0.25, 0.3) is 0 Å². The topological polar surface area (TPSA) is 90.1 Å². The zero-order valence-electron chi connectivity index (χ0n) is 16.4. The molecule has 2 aromatic rings. The molecule has 0 spiro atoms. The van der Waals surface area contributed by atoms with Crippen LogP contribution in [0.1, 0.15) is 18.0 Å². The molecule has 0 aliphatic carbocycles. The first-order valence-corrected chi connectivity index (χ1v) is 8.84. The van der Waals surface area contributed by atoms with Crippen molar-refractivity contribution in [3.05, 3.63) is 42.0 Å². The number of hydrazine groups is 1. The fourth-order valence-corrected chi connectivity index (χ4v) is 3.15. The maximum Gasteiger partial charge on any atom is 0.242 e. The number of rotatable bonds is 7. The third kappa shape index (κ3) is 4.29. The maximum absolute atomic E-state index is 12.7. The average molecular weight is 387 g/mol. The van der Waals surface area contributed by atoms with Crippen molar-refractivity contribution in [1.29, 1.82) is 0 Å². The van der Waals surface area contributed by atoms with Gasteiger partial charge < -0.3 is 24.3 Å². The van der Waals surface area contributed by atoms with Crippen molar-refractivity contribution in [2.45, 2.75) is 18.5 Å². The van der Waals surface area contributed by atoms with Gasteiger partial charge in [-0.3, -0.25) is 4.79 Å². The molecule has 1 heterocycles. The van der Waals surface area contributed by atoms with Gasteiger partial charge in [-0.1, -0.05) is 6.07 Å². The summed E-state index contributed by atoms with van der Waals surface area (Å²) in [7, 11) is 6.35. The Hall–Kier alpha value is -2.97. The van der Waals surface area contributed by atoms with Crippen molar-refractivity contribution in [2.24, 2.45) is 0 Å². The van der Waals surface area contributed by atoms with Gasteiger partial charge in [0.05, 0.1) is 34.5 Å². The van der Waals surface area contributed by atoms with E-state index in [1.165, 1.54) is 0 Å². The van der Waals surface area contributed by atoms with E-state index >= 15 is 0 Å². The van der Waals surface area contributed by atoms with Gasteiger partial charge in [0, 0.05) is 35.5 Å².